The van der Waals surface area contributed by atoms with Crippen molar-refractivity contribution in [3.63, 3.8) is 0 Å². The first-order chi connectivity index (χ1) is 3.70. The Bertz CT molecular complexity index is 174. The highest BCUT2D eigenvalue weighted by molar-refractivity contribution is 4.97. The predicted octanol–water partition coefficient (Wildman–Crippen LogP) is 0.480. The molecule has 2 nitrogen and oxygen atoms in total. The number of aromatic nitrogens is 1. The summed E-state index contributed by atoms with van der Waals surface area (Å²) < 4.78 is 24.6. The number of nitrogens with two attached hydrogens (primary N) is 1. The van der Waals surface area contributed by atoms with Crippen molar-refractivity contribution in [3.8, 4) is 0 Å². The normalized spacial score (nSPS) is 9.75. The molecule has 1 heterocycles. The maximum absolute atomic E-state index is 11.9. The lowest BCUT2D eigenvalue weighted by molar-refractivity contribution is 0.516. The second-order valence-electron chi connectivity index (χ2n) is 1.40. The van der Waals surface area contributed by atoms with Crippen molar-refractivity contribution >= 4 is 0 Å². The molecule has 1 aromatic heterocycles. The van der Waals surface area contributed by atoms with E-state index < -0.39 is 11.6 Å². The van der Waals surface area contributed by atoms with Crippen LogP contribution in [0.25, 0.3) is 0 Å². The minimum atomic E-state index is -0.924. The molecule has 0 amide bonds. The fraction of sp³-hybridized carbons (Fsp3) is 0. The highest BCUT2D eigenvalue weighted by Crippen LogP contribution is 2.01. The van der Waals surface area contributed by atoms with E-state index in [1.54, 1.807) is 0 Å². The van der Waals surface area contributed by atoms with Gasteiger partial charge in [-0.1, -0.05) is 0 Å². The third-order valence-electron chi connectivity index (χ3n) is 0.753. The van der Waals surface area contributed by atoms with Crippen LogP contribution < -0.4 is 5.84 Å². The van der Waals surface area contributed by atoms with Crippen molar-refractivity contribution in [1.82, 2.24) is 4.68 Å². The van der Waals surface area contributed by atoms with Gasteiger partial charge in [0, 0.05) is 0 Å². The standard InChI is InChI=1S/C4H4F2N2/c5-3-1-8(7)2-4(3)6/h1-2H,7H2. The molecular weight excluding hydrogens is 114 g/mol. The molecule has 0 aliphatic rings. The van der Waals surface area contributed by atoms with Gasteiger partial charge in [-0.15, -0.1) is 0 Å². The molecule has 0 bridgehead atoms. The summed E-state index contributed by atoms with van der Waals surface area (Å²) in [5, 5.41) is 0. The minimum absolute atomic E-state index is 0.824. The van der Waals surface area contributed by atoms with Crippen LogP contribution in [0.5, 0.6) is 0 Å². The molecule has 0 aliphatic carbocycles. The van der Waals surface area contributed by atoms with Gasteiger partial charge in [-0.3, -0.25) is 4.68 Å². The Labute approximate surface area is 44.5 Å². The van der Waals surface area contributed by atoms with Crippen LogP contribution in [0.3, 0.4) is 0 Å². The molecule has 1 aromatic rings. The molecule has 8 heavy (non-hydrogen) atoms. The maximum Gasteiger partial charge on any atom is 0.178 e. The molecule has 2 N–H and O–H groups in total. The zero-order chi connectivity index (χ0) is 6.15. The summed E-state index contributed by atoms with van der Waals surface area (Å²) in [6.07, 6.45) is 1.71. The number of hydrogen-bond donors (Lipinski definition) is 1. The summed E-state index contributed by atoms with van der Waals surface area (Å²) in [7, 11) is 0. The van der Waals surface area contributed by atoms with Crippen LogP contribution in [0, 0.1) is 11.6 Å². The average Bonchev–Trinajstić information content (AvgIpc) is 1.85. The van der Waals surface area contributed by atoms with Crippen LogP contribution in [0.2, 0.25) is 0 Å². The van der Waals surface area contributed by atoms with Gasteiger partial charge in [-0.25, -0.2) is 8.78 Å². The largest absolute Gasteiger partial charge is 0.340 e. The molecule has 0 spiro atoms. The first-order valence-electron chi connectivity index (χ1n) is 1.98. The van der Waals surface area contributed by atoms with Crippen molar-refractivity contribution in [2.45, 2.75) is 0 Å². The van der Waals surface area contributed by atoms with Crippen LogP contribution in [0.15, 0.2) is 12.4 Å². The van der Waals surface area contributed by atoms with Gasteiger partial charge < -0.3 is 5.84 Å². The van der Waals surface area contributed by atoms with E-state index >= 15 is 0 Å². The van der Waals surface area contributed by atoms with Crippen molar-refractivity contribution in [2.24, 2.45) is 0 Å². The lowest BCUT2D eigenvalue weighted by Gasteiger charge is -1.80. The van der Waals surface area contributed by atoms with Crippen molar-refractivity contribution in [1.29, 1.82) is 0 Å². The van der Waals surface area contributed by atoms with Gasteiger partial charge in [-0.05, 0) is 0 Å². The lowest BCUT2D eigenvalue weighted by atomic mass is 10.6. The molecule has 1 rings (SSSR count). The Morgan fingerprint density at radius 3 is 1.75 bits per heavy atom. The number of hydrogen-bond acceptors (Lipinski definition) is 1. The number of nitrogens with zero attached hydrogens (tertiary/aromatic N) is 1. The third kappa shape index (κ3) is 0.641. The molecule has 0 radical (unpaired) electrons. The molecule has 0 aromatic carbocycles. The average molecular weight is 118 g/mol. The van der Waals surface area contributed by atoms with E-state index in [9.17, 15) is 8.78 Å². The van der Waals surface area contributed by atoms with Gasteiger partial charge in [0.05, 0.1) is 12.4 Å². The van der Waals surface area contributed by atoms with Crippen LogP contribution in [0.4, 0.5) is 8.78 Å². The molecule has 44 valence electrons. The van der Waals surface area contributed by atoms with Gasteiger partial charge in [0.25, 0.3) is 0 Å². The van der Waals surface area contributed by atoms with Gasteiger partial charge >= 0.3 is 0 Å². The van der Waals surface area contributed by atoms with Crippen LogP contribution in [0.1, 0.15) is 0 Å². The van der Waals surface area contributed by atoms with Crippen LogP contribution in [-0.4, -0.2) is 4.68 Å². The fourth-order valence-corrected chi connectivity index (χ4v) is 0.422. The van der Waals surface area contributed by atoms with Gasteiger partial charge in [-0.2, -0.15) is 0 Å². The predicted molar refractivity (Wildman–Crippen MR) is 24.5 cm³/mol. The molecule has 0 saturated heterocycles. The van der Waals surface area contributed by atoms with E-state index in [4.69, 9.17) is 5.84 Å². The molecule has 0 fully saturated rings. The van der Waals surface area contributed by atoms with Crippen LogP contribution in [-0.2, 0) is 0 Å². The molecule has 4 heteroatoms. The number of halogens is 2. The van der Waals surface area contributed by atoms with Gasteiger partial charge in [0.2, 0.25) is 0 Å². The monoisotopic (exact) mass is 118 g/mol. The number of nitrogen functional groups attached to an aromatic ring is 1. The van der Waals surface area contributed by atoms with Crippen molar-refractivity contribution in [3.05, 3.63) is 24.0 Å². The second kappa shape index (κ2) is 1.47. The zero-order valence-electron chi connectivity index (χ0n) is 3.94. The summed E-state index contributed by atoms with van der Waals surface area (Å²) in [5.41, 5.74) is 0. The molecule has 0 unspecified atom stereocenters. The summed E-state index contributed by atoms with van der Waals surface area (Å²) in [4.78, 5) is 0. The number of rotatable bonds is 0. The summed E-state index contributed by atoms with van der Waals surface area (Å²) in [6, 6.07) is 0. The molecule has 0 aliphatic heterocycles. The lowest BCUT2D eigenvalue weighted by Crippen LogP contribution is -2.02. The summed E-state index contributed by atoms with van der Waals surface area (Å²) in [5.74, 6) is 3.07. The molecule has 0 atom stereocenters. The minimum Gasteiger partial charge on any atom is -0.340 e. The third-order valence-corrected chi connectivity index (χ3v) is 0.753. The van der Waals surface area contributed by atoms with Gasteiger partial charge in [0.15, 0.2) is 11.6 Å². The molecular formula is C4H4F2N2. The Kier molecular flexibility index (Phi) is 0.932. The Morgan fingerprint density at radius 1 is 1.25 bits per heavy atom. The quantitative estimate of drug-likeness (QED) is 0.493. The first-order valence-corrected chi connectivity index (χ1v) is 1.98. The van der Waals surface area contributed by atoms with E-state index in [1.807, 2.05) is 0 Å². The summed E-state index contributed by atoms with van der Waals surface area (Å²) >= 11 is 0. The zero-order valence-corrected chi connectivity index (χ0v) is 3.94. The highest BCUT2D eigenvalue weighted by atomic mass is 19.2. The van der Waals surface area contributed by atoms with Gasteiger partial charge in [0.1, 0.15) is 0 Å². The first kappa shape index (κ1) is 5.08. The SMILES string of the molecule is Nn1cc(F)c(F)c1. The molecule has 0 saturated carbocycles. The summed E-state index contributed by atoms with van der Waals surface area (Å²) in [6.45, 7) is 0. The Balaban J connectivity index is 3.14. The van der Waals surface area contributed by atoms with Crippen molar-refractivity contribution < 1.29 is 8.78 Å². The van der Waals surface area contributed by atoms with E-state index in [2.05, 4.69) is 0 Å². The highest BCUT2D eigenvalue weighted by Gasteiger charge is 2.00. The van der Waals surface area contributed by atoms with E-state index in [0.29, 0.717) is 0 Å². The van der Waals surface area contributed by atoms with E-state index in [-0.39, 0.29) is 0 Å². The fourth-order valence-electron chi connectivity index (χ4n) is 0.422. The van der Waals surface area contributed by atoms with Crippen molar-refractivity contribution in [2.75, 3.05) is 5.84 Å². The topological polar surface area (TPSA) is 30.9 Å². The van der Waals surface area contributed by atoms with E-state index in [0.717, 1.165) is 17.1 Å². The van der Waals surface area contributed by atoms with E-state index in [1.165, 1.54) is 0 Å². The Hall–Kier alpha value is -1.06. The maximum atomic E-state index is 11.9. The Morgan fingerprint density at radius 2 is 1.62 bits per heavy atom. The van der Waals surface area contributed by atoms with Crippen LogP contribution >= 0.6 is 0 Å². The smallest absolute Gasteiger partial charge is 0.178 e. The second-order valence-corrected chi connectivity index (χ2v) is 1.40.